The van der Waals surface area contributed by atoms with Crippen LogP contribution in [0.3, 0.4) is 0 Å². The maximum Gasteiger partial charge on any atom is 0.222 e. The van der Waals surface area contributed by atoms with Gasteiger partial charge in [-0.1, -0.05) is 6.07 Å². The van der Waals surface area contributed by atoms with Crippen LogP contribution in [-0.2, 0) is 13.6 Å². The quantitative estimate of drug-likeness (QED) is 0.908. The molecule has 0 aliphatic carbocycles. The molecule has 0 radical (unpaired) electrons. The van der Waals surface area contributed by atoms with E-state index in [-0.39, 0.29) is 0 Å². The zero-order chi connectivity index (χ0) is 14.7. The minimum atomic E-state index is 0.738. The minimum Gasteiger partial charge on any atom is -0.439 e. The summed E-state index contributed by atoms with van der Waals surface area (Å²) in [6.07, 6.45) is 0. The van der Waals surface area contributed by atoms with Gasteiger partial charge in [-0.25, -0.2) is 4.68 Å². The molecule has 0 spiro atoms. The first kappa shape index (κ1) is 14.4. The molecule has 1 aromatic heterocycles. The number of nitrogens with one attached hydrogen (secondary N) is 1. The highest BCUT2D eigenvalue weighted by molar-refractivity contribution is 5.50. The minimum absolute atomic E-state index is 0.738. The van der Waals surface area contributed by atoms with Crippen molar-refractivity contribution in [1.29, 1.82) is 0 Å². The molecule has 1 heterocycles. The Morgan fingerprint density at radius 3 is 2.75 bits per heavy atom. The fourth-order valence-corrected chi connectivity index (χ4v) is 2.13. The second kappa shape index (κ2) is 5.96. The highest BCUT2D eigenvalue weighted by atomic mass is 16.5. The predicted octanol–water partition coefficient (Wildman–Crippen LogP) is 2.31. The molecular formula is C15H22N4O. The number of hydrogen-bond donors (Lipinski definition) is 1. The zero-order valence-electron chi connectivity index (χ0n) is 12.8. The molecule has 0 bridgehead atoms. The fourth-order valence-electron chi connectivity index (χ4n) is 2.13. The maximum absolute atomic E-state index is 6.04. The van der Waals surface area contributed by atoms with Gasteiger partial charge in [-0.3, -0.25) is 0 Å². The van der Waals surface area contributed by atoms with Gasteiger partial charge in [0.2, 0.25) is 5.88 Å². The normalized spacial score (nSPS) is 10.7. The molecule has 0 aliphatic rings. The Kier molecular flexibility index (Phi) is 4.29. The van der Waals surface area contributed by atoms with Crippen LogP contribution in [0, 0.1) is 6.92 Å². The fraction of sp³-hybridized carbons (Fsp3) is 0.400. The van der Waals surface area contributed by atoms with E-state index in [0.29, 0.717) is 0 Å². The van der Waals surface area contributed by atoms with E-state index in [1.165, 1.54) is 0 Å². The molecule has 0 saturated heterocycles. The number of aryl methyl sites for hydroxylation is 2. The van der Waals surface area contributed by atoms with Crippen LogP contribution in [0.2, 0.25) is 0 Å². The van der Waals surface area contributed by atoms with Crippen LogP contribution in [-0.4, -0.2) is 30.9 Å². The second-order valence-electron chi connectivity index (χ2n) is 5.02. The van der Waals surface area contributed by atoms with Crippen molar-refractivity contribution in [2.45, 2.75) is 13.5 Å². The largest absolute Gasteiger partial charge is 0.439 e. The van der Waals surface area contributed by atoms with Crippen LogP contribution >= 0.6 is 0 Å². The van der Waals surface area contributed by atoms with Crippen LogP contribution in [0.5, 0.6) is 11.6 Å². The lowest BCUT2D eigenvalue weighted by Crippen LogP contribution is -2.09. The van der Waals surface area contributed by atoms with E-state index in [1.807, 2.05) is 53.3 Å². The van der Waals surface area contributed by atoms with E-state index in [4.69, 9.17) is 4.74 Å². The van der Waals surface area contributed by atoms with Gasteiger partial charge in [-0.15, -0.1) is 0 Å². The van der Waals surface area contributed by atoms with Gasteiger partial charge in [0.15, 0.2) is 0 Å². The Balaban J connectivity index is 2.32. The molecule has 1 N–H and O–H groups in total. The highest BCUT2D eigenvalue weighted by Gasteiger charge is 2.15. The summed E-state index contributed by atoms with van der Waals surface area (Å²) in [6, 6.07) is 8.02. The van der Waals surface area contributed by atoms with Gasteiger partial charge >= 0.3 is 0 Å². The van der Waals surface area contributed by atoms with Crippen LogP contribution < -0.4 is 15.0 Å². The van der Waals surface area contributed by atoms with Crippen molar-refractivity contribution in [2.24, 2.45) is 7.05 Å². The number of rotatable bonds is 5. The molecule has 0 amide bonds. The predicted molar refractivity (Wildman–Crippen MR) is 81.6 cm³/mol. The standard InChI is InChI=1S/C15H22N4O/c1-11-14(10-16-2)15(19(5)17-11)20-13-8-6-7-12(9-13)18(3)4/h6-9,16H,10H2,1-5H3. The van der Waals surface area contributed by atoms with E-state index < -0.39 is 0 Å². The monoisotopic (exact) mass is 274 g/mol. The second-order valence-corrected chi connectivity index (χ2v) is 5.02. The van der Waals surface area contributed by atoms with E-state index in [0.717, 1.165) is 35.1 Å². The van der Waals surface area contributed by atoms with Gasteiger partial charge in [0.05, 0.1) is 11.3 Å². The number of hydrogen-bond acceptors (Lipinski definition) is 4. The molecule has 2 aromatic rings. The topological polar surface area (TPSA) is 42.3 Å². The van der Waals surface area contributed by atoms with Crippen LogP contribution in [0.25, 0.3) is 0 Å². The van der Waals surface area contributed by atoms with E-state index in [1.54, 1.807) is 4.68 Å². The Bertz CT molecular complexity index is 590. The lowest BCUT2D eigenvalue weighted by atomic mass is 10.2. The summed E-state index contributed by atoms with van der Waals surface area (Å²) >= 11 is 0. The Labute approximate surface area is 120 Å². The van der Waals surface area contributed by atoms with Gasteiger partial charge in [-0.2, -0.15) is 5.10 Å². The van der Waals surface area contributed by atoms with Crippen molar-refractivity contribution in [3.05, 3.63) is 35.5 Å². The summed E-state index contributed by atoms with van der Waals surface area (Å²) in [7, 11) is 7.85. The number of ether oxygens (including phenoxy) is 1. The SMILES string of the molecule is CNCc1c(C)nn(C)c1Oc1cccc(N(C)C)c1. The summed E-state index contributed by atoms with van der Waals surface area (Å²) in [5, 5.41) is 7.58. The molecule has 5 nitrogen and oxygen atoms in total. The first-order valence-electron chi connectivity index (χ1n) is 6.65. The van der Waals surface area contributed by atoms with Crippen molar-refractivity contribution in [3.63, 3.8) is 0 Å². The molecule has 108 valence electrons. The van der Waals surface area contributed by atoms with E-state index >= 15 is 0 Å². The molecule has 0 saturated carbocycles. The number of anilines is 1. The van der Waals surface area contributed by atoms with Gasteiger partial charge < -0.3 is 15.0 Å². The molecule has 0 unspecified atom stereocenters. The third kappa shape index (κ3) is 2.93. The molecule has 0 atom stereocenters. The first-order valence-corrected chi connectivity index (χ1v) is 6.65. The smallest absolute Gasteiger partial charge is 0.222 e. The van der Waals surface area contributed by atoms with Crippen molar-refractivity contribution in [2.75, 3.05) is 26.0 Å². The number of nitrogens with zero attached hydrogens (tertiary/aromatic N) is 3. The van der Waals surface area contributed by atoms with Crippen LogP contribution in [0.15, 0.2) is 24.3 Å². The number of aromatic nitrogens is 2. The van der Waals surface area contributed by atoms with Gasteiger partial charge in [0.1, 0.15) is 5.75 Å². The van der Waals surface area contributed by atoms with Crippen molar-refractivity contribution < 1.29 is 4.74 Å². The van der Waals surface area contributed by atoms with Crippen molar-refractivity contribution in [1.82, 2.24) is 15.1 Å². The lowest BCUT2D eigenvalue weighted by molar-refractivity contribution is 0.424. The van der Waals surface area contributed by atoms with Crippen molar-refractivity contribution >= 4 is 5.69 Å². The first-order chi connectivity index (χ1) is 9.52. The average Bonchev–Trinajstić information content (AvgIpc) is 2.66. The Morgan fingerprint density at radius 1 is 1.35 bits per heavy atom. The van der Waals surface area contributed by atoms with Gasteiger partial charge in [0.25, 0.3) is 0 Å². The van der Waals surface area contributed by atoms with Crippen LogP contribution in [0.1, 0.15) is 11.3 Å². The summed E-state index contributed by atoms with van der Waals surface area (Å²) in [4.78, 5) is 2.05. The summed E-state index contributed by atoms with van der Waals surface area (Å²) in [6.45, 7) is 2.73. The highest BCUT2D eigenvalue weighted by Crippen LogP contribution is 2.29. The Morgan fingerprint density at radius 2 is 2.10 bits per heavy atom. The van der Waals surface area contributed by atoms with Crippen LogP contribution in [0.4, 0.5) is 5.69 Å². The zero-order valence-corrected chi connectivity index (χ0v) is 12.8. The third-order valence-electron chi connectivity index (χ3n) is 3.19. The maximum atomic E-state index is 6.04. The average molecular weight is 274 g/mol. The van der Waals surface area contributed by atoms with Gasteiger partial charge in [0, 0.05) is 39.4 Å². The van der Waals surface area contributed by atoms with E-state index in [2.05, 4.69) is 21.4 Å². The summed E-state index contributed by atoms with van der Waals surface area (Å²) in [5.74, 6) is 1.60. The Hall–Kier alpha value is -2.01. The molecule has 20 heavy (non-hydrogen) atoms. The molecule has 5 heteroatoms. The third-order valence-corrected chi connectivity index (χ3v) is 3.19. The van der Waals surface area contributed by atoms with Crippen molar-refractivity contribution in [3.8, 4) is 11.6 Å². The summed E-state index contributed by atoms with van der Waals surface area (Å²) < 4.78 is 7.82. The number of benzene rings is 1. The van der Waals surface area contributed by atoms with Gasteiger partial charge in [-0.05, 0) is 26.1 Å². The molecule has 0 fully saturated rings. The lowest BCUT2D eigenvalue weighted by Gasteiger charge is -2.14. The summed E-state index contributed by atoms with van der Waals surface area (Å²) in [5.41, 5.74) is 3.18. The molecular weight excluding hydrogens is 252 g/mol. The molecule has 1 aromatic carbocycles. The molecule has 0 aliphatic heterocycles. The molecule has 2 rings (SSSR count). The van der Waals surface area contributed by atoms with E-state index in [9.17, 15) is 0 Å².